The molecule has 1 spiro atoms. The second-order valence-electron chi connectivity index (χ2n) is 6.11. The number of aliphatic imine (C=N–C) groups is 1. The van der Waals surface area contributed by atoms with E-state index >= 15 is 0 Å². The normalized spacial score (nSPS) is 33.6. The van der Waals surface area contributed by atoms with Gasteiger partial charge < -0.3 is 5.32 Å². The van der Waals surface area contributed by atoms with E-state index in [1.807, 2.05) is 11.8 Å². The van der Waals surface area contributed by atoms with Crippen molar-refractivity contribution in [2.45, 2.75) is 43.9 Å². The van der Waals surface area contributed by atoms with Crippen LogP contribution in [0.3, 0.4) is 0 Å². The topological polar surface area (TPSA) is 41.5 Å². The second-order valence-corrected chi connectivity index (χ2v) is 7.41. The van der Waals surface area contributed by atoms with Gasteiger partial charge in [0.2, 0.25) is 5.91 Å². The van der Waals surface area contributed by atoms with Gasteiger partial charge in [0.25, 0.3) is 0 Å². The van der Waals surface area contributed by atoms with Crippen molar-refractivity contribution < 1.29 is 4.79 Å². The highest BCUT2D eigenvalue weighted by atomic mass is 32.2. The summed E-state index contributed by atoms with van der Waals surface area (Å²) in [6.45, 7) is 5.13. The smallest absolute Gasteiger partial charge is 0.224 e. The largest absolute Gasteiger partial charge is 0.353 e. The van der Waals surface area contributed by atoms with E-state index in [-0.39, 0.29) is 16.6 Å². The molecule has 1 saturated heterocycles. The molecular weight excluding hydrogens is 280 g/mol. The Bertz CT molecular complexity index is 507. The Labute approximate surface area is 131 Å². The van der Waals surface area contributed by atoms with Gasteiger partial charge in [-0.15, -0.1) is 11.8 Å². The van der Waals surface area contributed by atoms with Gasteiger partial charge in [0.1, 0.15) is 0 Å². The van der Waals surface area contributed by atoms with Gasteiger partial charge in [-0.05, 0) is 31.3 Å². The van der Waals surface area contributed by atoms with Gasteiger partial charge in [0, 0.05) is 18.3 Å². The number of rotatable bonds is 4. The van der Waals surface area contributed by atoms with Crippen LogP contribution in [0.15, 0.2) is 29.3 Å². The average molecular weight is 304 g/mol. The van der Waals surface area contributed by atoms with Crippen LogP contribution in [0, 0.1) is 11.8 Å². The van der Waals surface area contributed by atoms with E-state index in [9.17, 15) is 4.79 Å². The highest BCUT2D eigenvalue weighted by Gasteiger charge is 2.54. The third-order valence-corrected chi connectivity index (χ3v) is 6.69. The van der Waals surface area contributed by atoms with E-state index < -0.39 is 0 Å². The van der Waals surface area contributed by atoms with Gasteiger partial charge in [0.05, 0.1) is 16.4 Å². The maximum absolute atomic E-state index is 12.7. The van der Waals surface area contributed by atoms with Gasteiger partial charge in [-0.3, -0.25) is 9.79 Å². The number of carbonyl (C=O) groups is 1. The first kappa shape index (κ1) is 14.9. The molecule has 3 atom stereocenters. The number of nitrogens with one attached hydrogen (secondary N) is 1. The monoisotopic (exact) mass is 304 g/mol. The standard InChI is InChI=1S/C17H24N2OS/c1-3-12(4-2)19-16(20)13-11-21-17-9-6-5-7-15(17)18-10-8-14(13)17/h5-7,9,12-14H,3-4,8,10-11H2,1-2H3,(H,19,20). The van der Waals surface area contributed by atoms with Gasteiger partial charge in [-0.2, -0.15) is 0 Å². The minimum Gasteiger partial charge on any atom is -0.353 e. The number of carbonyl (C=O) groups excluding carboxylic acids is 1. The summed E-state index contributed by atoms with van der Waals surface area (Å²) in [5, 5.41) is 3.25. The fourth-order valence-electron chi connectivity index (χ4n) is 3.72. The molecule has 2 aliphatic heterocycles. The van der Waals surface area contributed by atoms with Crippen LogP contribution in [-0.4, -0.2) is 34.7 Å². The summed E-state index contributed by atoms with van der Waals surface area (Å²) in [7, 11) is 0. The first-order valence-corrected chi connectivity index (χ1v) is 9.05. The van der Waals surface area contributed by atoms with Crippen molar-refractivity contribution in [3.63, 3.8) is 0 Å². The number of hydrogen-bond acceptors (Lipinski definition) is 3. The number of allylic oxidation sites excluding steroid dienone is 3. The SMILES string of the molecule is CCC(CC)NC(=O)C1CSC23C=CC=CC2=NCCC13. The van der Waals surface area contributed by atoms with E-state index in [0.29, 0.717) is 12.0 Å². The van der Waals surface area contributed by atoms with E-state index in [0.717, 1.165) is 31.6 Å². The lowest BCUT2D eigenvalue weighted by Gasteiger charge is -2.38. The third kappa shape index (κ3) is 2.48. The summed E-state index contributed by atoms with van der Waals surface area (Å²) in [4.78, 5) is 17.4. The molecule has 2 heterocycles. The van der Waals surface area contributed by atoms with Crippen LogP contribution in [0.25, 0.3) is 0 Å². The molecule has 1 fully saturated rings. The number of hydrogen-bond donors (Lipinski definition) is 1. The minimum absolute atomic E-state index is 0.0388. The highest BCUT2D eigenvalue weighted by Crippen LogP contribution is 2.52. The van der Waals surface area contributed by atoms with E-state index in [1.54, 1.807) is 0 Å². The summed E-state index contributed by atoms with van der Waals surface area (Å²) in [5.41, 5.74) is 1.17. The van der Waals surface area contributed by atoms with E-state index in [1.165, 1.54) is 5.71 Å². The molecule has 0 aromatic heterocycles. The predicted octanol–water partition coefficient (Wildman–Crippen LogP) is 2.98. The average Bonchev–Trinajstić information content (AvgIpc) is 2.90. The fraction of sp³-hybridized carbons (Fsp3) is 0.647. The zero-order chi connectivity index (χ0) is 14.9. The Kier molecular flexibility index (Phi) is 4.25. The molecule has 0 aromatic rings. The van der Waals surface area contributed by atoms with Crippen molar-refractivity contribution in [1.29, 1.82) is 0 Å². The Morgan fingerprint density at radius 1 is 1.48 bits per heavy atom. The Morgan fingerprint density at radius 3 is 3.05 bits per heavy atom. The zero-order valence-corrected chi connectivity index (χ0v) is 13.7. The van der Waals surface area contributed by atoms with Crippen molar-refractivity contribution in [2.24, 2.45) is 16.8 Å². The summed E-state index contributed by atoms with van der Waals surface area (Å²) in [6.07, 6.45) is 11.6. The van der Waals surface area contributed by atoms with Gasteiger partial charge in [0.15, 0.2) is 0 Å². The molecule has 3 nitrogen and oxygen atoms in total. The van der Waals surface area contributed by atoms with Crippen LogP contribution in [0.5, 0.6) is 0 Å². The third-order valence-electron chi connectivity index (χ3n) is 5.04. The highest BCUT2D eigenvalue weighted by molar-refractivity contribution is 8.02. The molecule has 1 N–H and O–H groups in total. The Balaban J connectivity index is 1.79. The van der Waals surface area contributed by atoms with Crippen molar-refractivity contribution in [3.8, 4) is 0 Å². The molecule has 0 bridgehead atoms. The molecule has 0 radical (unpaired) electrons. The van der Waals surface area contributed by atoms with Crippen LogP contribution < -0.4 is 5.32 Å². The first-order valence-electron chi connectivity index (χ1n) is 8.06. The number of nitrogens with zero attached hydrogens (tertiary/aromatic N) is 1. The molecule has 4 heteroatoms. The zero-order valence-electron chi connectivity index (χ0n) is 12.8. The lowest BCUT2D eigenvalue weighted by molar-refractivity contribution is -0.126. The van der Waals surface area contributed by atoms with Crippen molar-refractivity contribution in [3.05, 3.63) is 24.3 Å². The lowest BCUT2D eigenvalue weighted by Crippen LogP contribution is -2.47. The molecular formula is C17H24N2OS. The molecule has 3 aliphatic rings. The lowest BCUT2D eigenvalue weighted by atomic mass is 9.74. The molecule has 0 aromatic carbocycles. The fourth-order valence-corrected chi connectivity index (χ4v) is 5.51. The molecule has 0 saturated carbocycles. The number of thioether (sulfide) groups is 1. The summed E-state index contributed by atoms with van der Waals surface area (Å²) in [6, 6.07) is 0.317. The van der Waals surface area contributed by atoms with Gasteiger partial charge >= 0.3 is 0 Å². The second kappa shape index (κ2) is 5.99. The van der Waals surface area contributed by atoms with Crippen LogP contribution in [0.4, 0.5) is 0 Å². The number of amides is 1. The van der Waals surface area contributed by atoms with Gasteiger partial charge in [-0.25, -0.2) is 0 Å². The Morgan fingerprint density at radius 2 is 2.29 bits per heavy atom. The van der Waals surface area contributed by atoms with E-state index in [4.69, 9.17) is 4.99 Å². The molecule has 3 unspecified atom stereocenters. The quantitative estimate of drug-likeness (QED) is 0.867. The van der Waals surface area contributed by atoms with Crippen LogP contribution >= 0.6 is 11.8 Å². The van der Waals surface area contributed by atoms with Crippen LogP contribution in [0.1, 0.15) is 33.1 Å². The van der Waals surface area contributed by atoms with Crippen molar-refractivity contribution >= 4 is 23.4 Å². The molecule has 21 heavy (non-hydrogen) atoms. The molecule has 114 valence electrons. The summed E-state index contributed by atoms with van der Waals surface area (Å²) in [5.74, 6) is 1.68. The first-order chi connectivity index (χ1) is 10.2. The van der Waals surface area contributed by atoms with Crippen molar-refractivity contribution in [2.75, 3.05) is 12.3 Å². The maximum atomic E-state index is 12.7. The van der Waals surface area contributed by atoms with Crippen molar-refractivity contribution in [1.82, 2.24) is 5.32 Å². The maximum Gasteiger partial charge on any atom is 0.224 e. The van der Waals surface area contributed by atoms with Crippen LogP contribution in [-0.2, 0) is 4.79 Å². The summed E-state index contributed by atoms with van der Waals surface area (Å²) >= 11 is 1.91. The minimum atomic E-state index is -0.0388. The van der Waals surface area contributed by atoms with Crippen LogP contribution in [0.2, 0.25) is 0 Å². The summed E-state index contributed by atoms with van der Waals surface area (Å²) < 4.78 is -0.0388. The molecule has 3 rings (SSSR count). The van der Waals surface area contributed by atoms with E-state index in [2.05, 4.69) is 43.5 Å². The van der Waals surface area contributed by atoms with Gasteiger partial charge in [-0.1, -0.05) is 32.1 Å². The predicted molar refractivity (Wildman–Crippen MR) is 89.9 cm³/mol. The molecule has 1 aliphatic carbocycles. The Hall–Kier alpha value is -1.03. The molecule has 1 amide bonds.